The molecule has 112 valence electrons. The fourth-order valence-electron chi connectivity index (χ4n) is 1.76. The summed E-state index contributed by atoms with van der Waals surface area (Å²) < 4.78 is 0. The molecule has 0 amide bonds. The van der Waals surface area contributed by atoms with Crippen molar-refractivity contribution in [2.45, 2.75) is 32.2 Å². The van der Waals surface area contributed by atoms with E-state index in [1.807, 2.05) is 6.92 Å². The Bertz CT molecular complexity index is 353. The van der Waals surface area contributed by atoms with E-state index >= 15 is 0 Å². The van der Waals surface area contributed by atoms with E-state index in [0.29, 0.717) is 13.1 Å². The fraction of sp³-hybridized carbons (Fsp3) is 0.500. The minimum atomic E-state index is -1.37. The van der Waals surface area contributed by atoms with Gasteiger partial charge in [-0.2, -0.15) is 0 Å². The molecule has 0 rings (SSSR count). The van der Waals surface area contributed by atoms with Gasteiger partial charge in [-0.3, -0.25) is 14.9 Å². The topological polar surface area (TPSA) is 58.2 Å². The molecule has 0 heterocycles. The first-order chi connectivity index (χ1) is 9.58. The molecule has 20 heavy (non-hydrogen) atoms. The molecule has 0 aliphatic heterocycles. The summed E-state index contributed by atoms with van der Waals surface area (Å²) in [5.74, 6) is -0.717. The van der Waals surface area contributed by atoms with Gasteiger partial charge in [0.2, 0.25) is 0 Å². The van der Waals surface area contributed by atoms with E-state index in [1.165, 1.54) is 12.2 Å². The molecule has 0 aliphatic carbocycles. The van der Waals surface area contributed by atoms with Crippen molar-refractivity contribution in [3.8, 4) is 0 Å². The van der Waals surface area contributed by atoms with Gasteiger partial charge in [0.1, 0.15) is 0 Å². The van der Waals surface area contributed by atoms with Crippen molar-refractivity contribution in [3.05, 3.63) is 37.5 Å². The van der Waals surface area contributed by atoms with E-state index in [-0.39, 0.29) is 11.6 Å². The molecular weight excluding hydrogens is 252 g/mol. The van der Waals surface area contributed by atoms with Crippen LogP contribution in [-0.2, 0) is 9.59 Å². The van der Waals surface area contributed by atoms with E-state index in [4.69, 9.17) is 0 Å². The zero-order chi connectivity index (χ0) is 15.4. The van der Waals surface area contributed by atoms with Gasteiger partial charge < -0.3 is 5.32 Å². The lowest BCUT2D eigenvalue weighted by atomic mass is 9.87. The molecule has 2 N–H and O–H groups in total. The van der Waals surface area contributed by atoms with E-state index < -0.39 is 5.54 Å². The smallest absolute Gasteiger partial charge is 0.187 e. The van der Waals surface area contributed by atoms with Gasteiger partial charge in [-0.05, 0) is 38.1 Å². The van der Waals surface area contributed by atoms with Crippen LogP contribution in [0.3, 0.4) is 0 Å². The van der Waals surface area contributed by atoms with Crippen molar-refractivity contribution in [2.75, 3.05) is 19.6 Å². The second-order valence-electron chi connectivity index (χ2n) is 4.48. The Kier molecular flexibility index (Phi) is 9.51. The van der Waals surface area contributed by atoms with Crippen LogP contribution in [0.2, 0.25) is 0 Å². The third-order valence-electron chi connectivity index (χ3n) is 2.86. The lowest BCUT2D eigenvalue weighted by Gasteiger charge is -2.26. The summed E-state index contributed by atoms with van der Waals surface area (Å²) in [6.07, 6.45) is 7.60. The first-order valence-electron chi connectivity index (χ1n) is 7.06. The highest BCUT2D eigenvalue weighted by molar-refractivity contribution is 6.21. The van der Waals surface area contributed by atoms with Gasteiger partial charge in [0.25, 0.3) is 0 Å². The van der Waals surface area contributed by atoms with Crippen molar-refractivity contribution in [2.24, 2.45) is 0 Å². The highest BCUT2D eigenvalue weighted by Crippen LogP contribution is 2.13. The van der Waals surface area contributed by atoms with Gasteiger partial charge >= 0.3 is 0 Å². The van der Waals surface area contributed by atoms with E-state index in [9.17, 15) is 9.59 Å². The normalized spacial score (nSPS) is 11.5. The third kappa shape index (κ3) is 5.23. The number of rotatable bonds is 12. The van der Waals surface area contributed by atoms with Crippen molar-refractivity contribution >= 4 is 11.6 Å². The van der Waals surface area contributed by atoms with Crippen molar-refractivity contribution in [1.29, 1.82) is 0 Å². The number of nitrogens with one attached hydrogen (secondary N) is 2. The quantitative estimate of drug-likeness (QED) is 0.247. The molecule has 0 saturated carbocycles. The van der Waals surface area contributed by atoms with Crippen LogP contribution in [0.25, 0.3) is 0 Å². The molecule has 0 unspecified atom stereocenters. The Morgan fingerprint density at radius 3 is 2.05 bits per heavy atom. The van der Waals surface area contributed by atoms with Crippen LogP contribution in [0.4, 0.5) is 0 Å². The van der Waals surface area contributed by atoms with Gasteiger partial charge in [-0.25, -0.2) is 0 Å². The van der Waals surface area contributed by atoms with Gasteiger partial charge in [-0.1, -0.05) is 39.2 Å². The molecule has 0 radical (unpaired) electrons. The minimum absolute atomic E-state index is 0.359. The van der Waals surface area contributed by atoms with E-state index in [0.717, 1.165) is 19.4 Å². The number of hydrogen-bond donors (Lipinski definition) is 2. The average Bonchev–Trinajstić information content (AvgIpc) is 2.48. The van der Waals surface area contributed by atoms with Crippen LogP contribution in [0.1, 0.15) is 26.7 Å². The predicted molar refractivity (Wildman–Crippen MR) is 83.7 cm³/mol. The standard InChI is InChI=1S/C16H26N2O2/c1-5-11-17-13-9-10-16(14(19)7-3,15(20)8-4)18-12-6-2/h7-10,17-18H,3-6,11-13H2,1-2H3/b10-9+. The number of ketones is 2. The predicted octanol–water partition coefficient (Wildman–Crippen LogP) is 1.79. The number of carbonyl (C=O) groups excluding carboxylic acids is 2. The van der Waals surface area contributed by atoms with E-state index in [1.54, 1.807) is 12.2 Å². The third-order valence-corrected chi connectivity index (χ3v) is 2.86. The maximum Gasteiger partial charge on any atom is 0.187 e. The molecule has 0 atom stereocenters. The summed E-state index contributed by atoms with van der Waals surface area (Å²) in [5.41, 5.74) is -1.37. The summed E-state index contributed by atoms with van der Waals surface area (Å²) in [7, 11) is 0. The molecule has 0 saturated heterocycles. The molecule has 0 spiro atoms. The second-order valence-corrected chi connectivity index (χ2v) is 4.48. The second kappa shape index (κ2) is 10.3. The highest BCUT2D eigenvalue weighted by atomic mass is 16.2. The van der Waals surface area contributed by atoms with E-state index in [2.05, 4.69) is 30.7 Å². The maximum atomic E-state index is 12.1. The molecule has 0 aromatic heterocycles. The Balaban J connectivity index is 5.16. The van der Waals surface area contributed by atoms with Crippen LogP contribution >= 0.6 is 0 Å². The zero-order valence-corrected chi connectivity index (χ0v) is 12.6. The molecule has 0 aromatic carbocycles. The molecule has 4 heteroatoms. The highest BCUT2D eigenvalue weighted by Gasteiger charge is 2.39. The Morgan fingerprint density at radius 1 is 1.05 bits per heavy atom. The largest absolute Gasteiger partial charge is 0.313 e. The molecule has 0 bridgehead atoms. The summed E-state index contributed by atoms with van der Waals surface area (Å²) in [4.78, 5) is 24.3. The number of hydrogen-bond acceptors (Lipinski definition) is 4. The summed E-state index contributed by atoms with van der Waals surface area (Å²) in [6, 6.07) is 0. The first kappa shape index (κ1) is 18.5. The Hall–Kier alpha value is -1.52. The molecule has 0 aliphatic rings. The minimum Gasteiger partial charge on any atom is -0.313 e. The van der Waals surface area contributed by atoms with Crippen LogP contribution in [0, 0.1) is 0 Å². The van der Waals surface area contributed by atoms with Crippen molar-refractivity contribution in [1.82, 2.24) is 10.6 Å². The Labute approximate surface area is 122 Å². The van der Waals surface area contributed by atoms with Gasteiger partial charge in [0.15, 0.2) is 17.1 Å². The number of carbonyl (C=O) groups is 2. The maximum absolute atomic E-state index is 12.1. The van der Waals surface area contributed by atoms with Gasteiger partial charge in [-0.15, -0.1) is 0 Å². The van der Waals surface area contributed by atoms with Crippen LogP contribution in [0.15, 0.2) is 37.5 Å². The van der Waals surface area contributed by atoms with Crippen molar-refractivity contribution < 1.29 is 9.59 Å². The van der Waals surface area contributed by atoms with Crippen molar-refractivity contribution in [3.63, 3.8) is 0 Å². The monoisotopic (exact) mass is 278 g/mol. The SMILES string of the molecule is C=CC(=O)C(/C=C/CNCCC)(NCCC)C(=O)C=C. The molecular formula is C16H26N2O2. The van der Waals surface area contributed by atoms with Gasteiger partial charge in [0.05, 0.1) is 0 Å². The lowest BCUT2D eigenvalue weighted by molar-refractivity contribution is -0.128. The lowest BCUT2D eigenvalue weighted by Crippen LogP contribution is -2.56. The molecule has 0 aromatic rings. The van der Waals surface area contributed by atoms with Crippen LogP contribution in [-0.4, -0.2) is 36.7 Å². The zero-order valence-electron chi connectivity index (χ0n) is 12.6. The average molecular weight is 278 g/mol. The van der Waals surface area contributed by atoms with Crippen LogP contribution in [0.5, 0.6) is 0 Å². The first-order valence-corrected chi connectivity index (χ1v) is 7.06. The van der Waals surface area contributed by atoms with Gasteiger partial charge in [0, 0.05) is 6.54 Å². The molecule has 0 fully saturated rings. The summed E-state index contributed by atoms with van der Waals surface area (Å²) in [5, 5.41) is 6.21. The summed E-state index contributed by atoms with van der Waals surface area (Å²) in [6.45, 7) is 13.1. The Morgan fingerprint density at radius 2 is 1.60 bits per heavy atom. The molecule has 4 nitrogen and oxygen atoms in total. The summed E-state index contributed by atoms with van der Waals surface area (Å²) >= 11 is 0. The fourth-order valence-corrected chi connectivity index (χ4v) is 1.76. The van der Waals surface area contributed by atoms with Crippen LogP contribution < -0.4 is 10.6 Å².